The number of hydrogen-bond donors (Lipinski definition) is 1. The number of aromatic nitrogens is 1. The molecule has 1 fully saturated rings. The zero-order valence-electron chi connectivity index (χ0n) is 9.94. The summed E-state index contributed by atoms with van der Waals surface area (Å²) >= 11 is 5.75. The van der Waals surface area contributed by atoms with Crippen LogP contribution in [0.15, 0.2) is 12.1 Å². The number of pyridine rings is 1. The number of carboxylic acid groups (broad SMARTS) is 1. The highest BCUT2D eigenvalue weighted by Crippen LogP contribution is 2.34. The number of anilines is 1. The average molecular weight is 286 g/mol. The smallest absolute Gasteiger partial charge is 0.357 e. The molecule has 1 aliphatic carbocycles. The van der Waals surface area contributed by atoms with Gasteiger partial charge in [0.2, 0.25) is 0 Å². The van der Waals surface area contributed by atoms with E-state index in [9.17, 15) is 20.0 Å². The summed E-state index contributed by atoms with van der Waals surface area (Å²) in [4.78, 5) is 24.2. The molecule has 0 radical (unpaired) electrons. The maximum atomic E-state index is 11.3. The van der Waals surface area contributed by atoms with E-state index in [1.165, 1.54) is 12.1 Å². The van der Waals surface area contributed by atoms with Crippen molar-refractivity contribution in [2.24, 2.45) is 0 Å². The molecule has 0 spiro atoms. The molecule has 1 aromatic rings. The van der Waals surface area contributed by atoms with E-state index in [1.807, 2.05) is 0 Å². The number of halogens is 1. The molecule has 1 saturated carbocycles. The van der Waals surface area contributed by atoms with Crippen LogP contribution in [0.3, 0.4) is 0 Å². The third-order valence-electron chi connectivity index (χ3n) is 3.30. The van der Waals surface area contributed by atoms with Crippen molar-refractivity contribution in [2.45, 2.75) is 31.2 Å². The molecule has 0 bridgehead atoms. The second kappa shape index (κ2) is 5.00. The van der Waals surface area contributed by atoms with E-state index in [-0.39, 0.29) is 16.7 Å². The van der Waals surface area contributed by atoms with Crippen molar-refractivity contribution in [3.63, 3.8) is 0 Å². The molecule has 0 unspecified atom stereocenters. The van der Waals surface area contributed by atoms with Crippen molar-refractivity contribution in [2.75, 3.05) is 5.32 Å². The summed E-state index contributed by atoms with van der Waals surface area (Å²) in [7, 11) is 0. The van der Waals surface area contributed by atoms with Crippen LogP contribution in [0.4, 0.5) is 11.5 Å². The Hall–Kier alpha value is -1.89. The van der Waals surface area contributed by atoms with Gasteiger partial charge in [0.05, 0.1) is 10.9 Å². The van der Waals surface area contributed by atoms with Crippen LogP contribution < -0.4 is 15.4 Å². The largest absolute Gasteiger partial charge is 0.545 e. The molecule has 0 aliphatic heterocycles. The van der Waals surface area contributed by atoms with Crippen molar-refractivity contribution < 1.29 is 19.8 Å². The van der Waals surface area contributed by atoms with Gasteiger partial charge in [0.25, 0.3) is 0 Å². The van der Waals surface area contributed by atoms with E-state index in [4.69, 9.17) is 11.6 Å². The molecular weight excluding hydrogens is 274 g/mol. The number of H-pyrrole nitrogens is 1. The van der Waals surface area contributed by atoms with Gasteiger partial charge >= 0.3 is 11.5 Å². The Morgan fingerprint density at radius 2 is 2.05 bits per heavy atom. The van der Waals surface area contributed by atoms with E-state index < -0.39 is 16.4 Å². The lowest BCUT2D eigenvalue weighted by atomic mass is 9.98. The molecule has 102 valence electrons. The molecule has 1 aromatic heterocycles. The van der Waals surface area contributed by atoms with E-state index in [1.54, 1.807) is 0 Å². The van der Waals surface area contributed by atoms with Crippen LogP contribution >= 0.6 is 11.6 Å². The van der Waals surface area contributed by atoms with Crippen molar-refractivity contribution in [1.82, 2.24) is 0 Å². The molecule has 19 heavy (non-hydrogen) atoms. The minimum Gasteiger partial charge on any atom is -0.545 e. The lowest BCUT2D eigenvalue weighted by Gasteiger charge is -2.26. The van der Waals surface area contributed by atoms with Gasteiger partial charge in [-0.05, 0) is 37.3 Å². The normalized spacial score (nSPS) is 17.1. The average Bonchev–Trinajstić information content (AvgIpc) is 2.78. The van der Waals surface area contributed by atoms with Gasteiger partial charge < -0.3 is 9.90 Å². The number of carbonyl (C=O) groups is 1. The molecule has 0 saturated heterocycles. The predicted molar refractivity (Wildman–Crippen MR) is 64.5 cm³/mol. The Bertz CT molecular complexity index is 529. The lowest BCUT2D eigenvalue weighted by Crippen LogP contribution is -2.53. The second-order valence-electron chi connectivity index (χ2n) is 4.53. The van der Waals surface area contributed by atoms with Crippen LogP contribution in [0.1, 0.15) is 25.7 Å². The topological polar surface area (TPSA) is 109 Å². The first-order valence-electron chi connectivity index (χ1n) is 5.80. The highest BCUT2D eigenvalue weighted by molar-refractivity contribution is 6.28. The highest BCUT2D eigenvalue weighted by atomic mass is 35.5. The Balaban J connectivity index is 2.39. The van der Waals surface area contributed by atoms with Crippen molar-refractivity contribution >= 4 is 29.1 Å². The number of carboxylic acids is 1. The number of nitro groups is 1. The molecule has 0 amide bonds. The Morgan fingerprint density at radius 3 is 2.58 bits per heavy atom. The number of rotatable bonds is 4. The van der Waals surface area contributed by atoms with Gasteiger partial charge in [-0.1, -0.05) is 0 Å². The Labute approximate surface area is 113 Å². The molecule has 7 nitrogen and oxygen atoms in total. The molecule has 0 aromatic carbocycles. The van der Waals surface area contributed by atoms with Gasteiger partial charge in [-0.3, -0.25) is 15.4 Å². The molecular formula is C11H12ClN3O4. The predicted octanol–water partition coefficient (Wildman–Crippen LogP) is 0.537. The monoisotopic (exact) mass is 285 g/mol. The van der Waals surface area contributed by atoms with Crippen LogP contribution in [-0.4, -0.2) is 16.4 Å². The highest BCUT2D eigenvalue weighted by Gasteiger charge is 2.42. The third kappa shape index (κ3) is 2.60. The molecule has 1 aliphatic rings. The lowest BCUT2D eigenvalue weighted by molar-refractivity contribution is -0.409. The molecule has 0 atom stereocenters. The Morgan fingerprint density at radius 1 is 1.42 bits per heavy atom. The number of carbonyl (C=O) groups excluding carboxylic acids is 1. The molecule has 2 rings (SSSR count). The van der Waals surface area contributed by atoms with E-state index in [0.29, 0.717) is 12.8 Å². The Kier molecular flexibility index (Phi) is 3.57. The molecule has 2 N–H and O–H groups in total. The zero-order valence-corrected chi connectivity index (χ0v) is 10.7. The summed E-state index contributed by atoms with van der Waals surface area (Å²) in [6, 6.07) is 2.56. The van der Waals surface area contributed by atoms with Crippen molar-refractivity contribution in [3.8, 4) is 0 Å². The number of hydrogen-bond acceptors (Lipinski definition) is 5. The van der Waals surface area contributed by atoms with Gasteiger partial charge in [-0.2, -0.15) is 0 Å². The van der Waals surface area contributed by atoms with Gasteiger partial charge in [0, 0.05) is 12.1 Å². The van der Waals surface area contributed by atoms with E-state index in [0.717, 1.165) is 12.8 Å². The maximum Gasteiger partial charge on any atom is 0.357 e. The fourth-order valence-corrected chi connectivity index (χ4v) is 2.46. The summed E-state index contributed by atoms with van der Waals surface area (Å²) in [6.07, 6.45) is 2.20. The minimum absolute atomic E-state index is 0.0106. The minimum atomic E-state index is -1.27. The molecule has 1 heterocycles. The van der Waals surface area contributed by atoms with Crippen LogP contribution in [0.25, 0.3) is 0 Å². The fraction of sp³-hybridized carbons (Fsp3) is 0.455. The van der Waals surface area contributed by atoms with Gasteiger partial charge in [0.1, 0.15) is 5.54 Å². The zero-order chi connectivity index (χ0) is 14.0. The van der Waals surface area contributed by atoms with Crippen LogP contribution in [0.2, 0.25) is 5.15 Å². The quantitative estimate of drug-likeness (QED) is 0.493. The summed E-state index contributed by atoms with van der Waals surface area (Å²) in [5, 5.41) is 25.1. The van der Waals surface area contributed by atoms with Crippen molar-refractivity contribution in [3.05, 3.63) is 27.4 Å². The van der Waals surface area contributed by atoms with Gasteiger partial charge in [0.15, 0.2) is 5.15 Å². The fourth-order valence-electron chi connectivity index (χ4n) is 2.31. The first-order chi connectivity index (χ1) is 8.94. The van der Waals surface area contributed by atoms with Crippen LogP contribution in [0.5, 0.6) is 0 Å². The number of aliphatic carboxylic acids is 1. The van der Waals surface area contributed by atoms with E-state index >= 15 is 0 Å². The first-order valence-corrected chi connectivity index (χ1v) is 6.18. The first kappa shape index (κ1) is 13.5. The van der Waals surface area contributed by atoms with Crippen LogP contribution in [-0.2, 0) is 4.79 Å². The number of nitrogens with zero attached hydrogens (tertiary/aromatic N) is 1. The van der Waals surface area contributed by atoms with Gasteiger partial charge in [-0.15, -0.1) is 0 Å². The van der Waals surface area contributed by atoms with E-state index in [2.05, 4.69) is 10.3 Å². The standard InChI is InChI=1S/C11H12ClN3O4/c12-8-4-3-7(15(18)19)9(13-8)14-11(10(16)17)5-1-2-6-11/h3-4H,1-2,5-6H2,(H,13,14)(H,16,17). The third-order valence-corrected chi connectivity index (χ3v) is 3.52. The second-order valence-corrected chi connectivity index (χ2v) is 4.93. The number of nitrogens with one attached hydrogen (secondary N) is 2. The van der Waals surface area contributed by atoms with Crippen LogP contribution in [0, 0.1) is 10.1 Å². The summed E-state index contributed by atoms with van der Waals surface area (Å²) in [5.41, 5.74) is -1.52. The maximum absolute atomic E-state index is 11.3. The summed E-state index contributed by atoms with van der Waals surface area (Å²) in [5.74, 6) is -1.27. The van der Waals surface area contributed by atoms with Crippen molar-refractivity contribution in [1.29, 1.82) is 0 Å². The number of aromatic amines is 1. The molecule has 8 heteroatoms. The SMILES string of the molecule is O=C([O-])C1(Nc2[nH+]c(Cl)ccc2[N+](=O)[O-])CCCC1. The van der Waals surface area contributed by atoms with Gasteiger partial charge in [-0.25, -0.2) is 4.98 Å². The summed E-state index contributed by atoms with van der Waals surface area (Å²) in [6.45, 7) is 0. The summed E-state index contributed by atoms with van der Waals surface area (Å²) < 4.78 is 0.